The highest BCUT2D eigenvalue weighted by atomic mass is 35.5. The molecule has 2 heterocycles. The van der Waals surface area contributed by atoms with Crippen molar-refractivity contribution in [3.8, 4) is 0 Å². The zero-order valence-electron chi connectivity index (χ0n) is 26.7. The summed E-state index contributed by atoms with van der Waals surface area (Å²) >= 11 is 6.21. The van der Waals surface area contributed by atoms with E-state index in [2.05, 4.69) is 21.4 Å². The number of rotatable bonds is 11. The zero-order chi connectivity index (χ0) is 33.1. The zero-order valence-corrected chi connectivity index (χ0v) is 27.5. The van der Waals surface area contributed by atoms with Crippen molar-refractivity contribution in [2.45, 2.75) is 110 Å². The summed E-state index contributed by atoms with van der Waals surface area (Å²) in [6.07, 6.45) is 3.12. The number of amides is 4. The summed E-state index contributed by atoms with van der Waals surface area (Å²) in [4.78, 5) is 74.0. The van der Waals surface area contributed by atoms with Crippen molar-refractivity contribution in [1.29, 1.82) is 0 Å². The van der Waals surface area contributed by atoms with E-state index in [1.165, 1.54) is 4.90 Å². The van der Waals surface area contributed by atoms with Gasteiger partial charge in [-0.25, -0.2) is 4.79 Å². The number of carbonyl (C=O) groups is 5. The summed E-state index contributed by atoms with van der Waals surface area (Å²) < 4.78 is 5.26. The summed E-state index contributed by atoms with van der Waals surface area (Å²) in [5.74, 6) is -2.57. The third-order valence-electron chi connectivity index (χ3n) is 7.91. The molecule has 246 valence electrons. The number of ether oxygens (including phenoxy) is 1. The monoisotopic (exact) mass is 645 g/mol. The lowest BCUT2D eigenvalue weighted by molar-refractivity contribution is -0.144. The average Bonchev–Trinajstić information content (AvgIpc) is 3.55. The predicted octanol–water partition coefficient (Wildman–Crippen LogP) is 3.24. The number of hydrogen-bond acceptors (Lipinski definition) is 8. The molecule has 0 aromatic heterocycles. The van der Waals surface area contributed by atoms with Crippen molar-refractivity contribution in [3.63, 3.8) is 0 Å². The molecule has 4 amide bonds. The third-order valence-corrected chi connectivity index (χ3v) is 8.15. The van der Waals surface area contributed by atoms with Crippen molar-refractivity contribution in [2.75, 3.05) is 6.54 Å². The van der Waals surface area contributed by atoms with Crippen molar-refractivity contribution in [2.24, 2.45) is 5.41 Å². The fourth-order valence-electron chi connectivity index (χ4n) is 5.47. The van der Waals surface area contributed by atoms with Crippen LogP contribution in [0.15, 0.2) is 30.3 Å². The Morgan fingerprint density at radius 3 is 2.47 bits per heavy atom. The third kappa shape index (κ3) is 8.55. The van der Waals surface area contributed by atoms with E-state index >= 15 is 0 Å². The summed E-state index contributed by atoms with van der Waals surface area (Å²) in [6.45, 7) is 10.6. The standard InChI is InChI=1S/C32H44ClN5O7/c1-7-9-22(25(39)28(41)34-21-12-13-21)35-27(40)24-16-32(15-23(37-45-32)19-10-8-11-20(33)14-19)17-38(24)29(42)26(31(4,5)6)36-30(43)44-18(2)3/h8,10-11,14-15,18,21-22,24,26,37H,7,9,12-13,16-17H2,1-6H3,(H,34,41)(H,35,40)(H,36,43)/t22-,24-,26+,32+/m0/s1. The minimum Gasteiger partial charge on any atom is -0.447 e. The van der Waals surface area contributed by atoms with E-state index in [0.717, 1.165) is 18.4 Å². The van der Waals surface area contributed by atoms with Gasteiger partial charge in [0.25, 0.3) is 5.91 Å². The molecule has 1 aromatic rings. The van der Waals surface area contributed by atoms with E-state index < -0.39 is 64.8 Å². The predicted molar refractivity (Wildman–Crippen MR) is 168 cm³/mol. The fourth-order valence-corrected chi connectivity index (χ4v) is 5.66. The van der Waals surface area contributed by atoms with Gasteiger partial charge in [-0.15, -0.1) is 0 Å². The maximum atomic E-state index is 14.3. The molecule has 12 nitrogen and oxygen atoms in total. The van der Waals surface area contributed by atoms with Gasteiger partial charge in [-0.2, -0.15) is 0 Å². The van der Waals surface area contributed by atoms with E-state index in [1.807, 2.05) is 19.1 Å². The van der Waals surface area contributed by atoms with Crippen LogP contribution >= 0.6 is 11.6 Å². The molecule has 1 spiro atoms. The van der Waals surface area contributed by atoms with Gasteiger partial charge in [0, 0.05) is 23.0 Å². The number of halogens is 1. The first kappa shape index (κ1) is 34.2. The van der Waals surface area contributed by atoms with Crippen LogP contribution in [0.3, 0.4) is 0 Å². The normalized spacial score (nSPS) is 22.4. The Bertz CT molecular complexity index is 1360. The highest BCUT2D eigenvalue weighted by molar-refractivity contribution is 6.38. The molecule has 1 saturated carbocycles. The molecule has 4 N–H and O–H groups in total. The number of likely N-dealkylation sites (tertiary alicyclic amines) is 1. The SMILES string of the molecule is CCC[C@H](NC(=O)[C@@H]1C[C@]2(C=C(c3cccc(Cl)c3)NO2)CN1C(=O)[C@@H](NC(=O)OC(C)C)C(C)(C)C)C(=O)C(=O)NC1CC1. The second-order valence-corrected chi connectivity index (χ2v) is 13.8. The molecule has 4 atom stereocenters. The summed E-state index contributed by atoms with van der Waals surface area (Å²) in [5, 5.41) is 8.65. The van der Waals surface area contributed by atoms with E-state index in [1.54, 1.807) is 52.8 Å². The number of Topliss-reactive ketones (excluding diaryl/α,β-unsaturated/α-hetero) is 1. The summed E-state index contributed by atoms with van der Waals surface area (Å²) in [7, 11) is 0. The van der Waals surface area contributed by atoms with Crippen LogP contribution in [0.25, 0.3) is 5.70 Å². The highest BCUT2D eigenvalue weighted by Gasteiger charge is 2.54. The van der Waals surface area contributed by atoms with Gasteiger partial charge in [-0.1, -0.05) is 57.8 Å². The molecule has 0 bridgehead atoms. The van der Waals surface area contributed by atoms with Crippen LogP contribution in [0.2, 0.25) is 5.02 Å². The van der Waals surface area contributed by atoms with E-state index in [4.69, 9.17) is 21.2 Å². The first-order valence-electron chi connectivity index (χ1n) is 15.5. The highest BCUT2D eigenvalue weighted by Crippen LogP contribution is 2.39. The van der Waals surface area contributed by atoms with Gasteiger partial charge >= 0.3 is 6.09 Å². The van der Waals surface area contributed by atoms with Crippen molar-refractivity contribution >= 4 is 46.9 Å². The molecule has 0 radical (unpaired) electrons. The van der Waals surface area contributed by atoms with Crippen LogP contribution in [0.5, 0.6) is 0 Å². The molecule has 2 fully saturated rings. The minimum atomic E-state index is -1.11. The topological polar surface area (TPSA) is 155 Å². The second kappa shape index (κ2) is 13.8. The van der Waals surface area contributed by atoms with Crippen LogP contribution < -0.4 is 21.4 Å². The van der Waals surface area contributed by atoms with Crippen LogP contribution in [-0.2, 0) is 28.8 Å². The largest absolute Gasteiger partial charge is 0.447 e. The number of ketones is 1. The Kier molecular flexibility index (Phi) is 10.5. The number of alkyl carbamates (subject to hydrolysis) is 1. The minimum absolute atomic E-state index is 0.0149. The lowest BCUT2D eigenvalue weighted by Crippen LogP contribution is -2.59. The van der Waals surface area contributed by atoms with Gasteiger partial charge in [-0.3, -0.25) is 29.5 Å². The maximum Gasteiger partial charge on any atom is 0.408 e. The number of benzene rings is 1. The molecule has 13 heteroatoms. The van der Waals surface area contributed by atoms with Crippen LogP contribution in [0, 0.1) is 5.41 Å². The molecule has 1 aromatic carbocycles. The first-order chi connectivity index (χ1) is 21.1. The van der Waals surface area contributed by atoms with Gasteiger partial charge < -0.3 is 25.6 Å². The maximum absolute atomic E-state index is 14.3. The van der Waals surface area contributed by atoms with E-state index in [0.29, 0.717) is 17.1 Å². The van der Waals surface area contributed by atoms with Gasteiger partial charge in [0.15, 0.2) is 0 Å². The first-order valence-corrected chi connectivity index (χ1v) is 15.9. The smallest absolute Gasteiger partial charge is 0.408 e. The van der Waals surface area contributed by atoms with Crippen LogP contribution in [0.1, 0.15) is 79.2 Å². The van der Waals surface area contributed by atoms with E-state index in [9.17, 15) is 24.0 Å². The van der Waals surface area contributed by atoms with E-state index in [-0.39, 0.29) is 25.4 Å². The van der Waals surface area contributed by atoms with Crippen LogP contribution in [0.4, 0.5) is 4.79 Å². The van der Waals surface area contributed by atoms with Gasteiger partial charge in [0.05, 0.1) is 24.4 Å². The number of carbonyl (C=O) groups excluding carboxylic acids is 5. The van der Waals surface area contributed by atoms with Gasteiger partial charge in [-0.05, 0) is 56.7 Å². The Hall–Kier alpha value is -3.64. The van der Waals surface area contributed by atoms with Crippen molar-refractivity contribution < 1.29 is 33.5 Å². The lowest BCUT2D eigenvalue weighted by Gasteiger charge is -2.35. The Balaban J connectivity index is 1.64. The quantitative estimate of drug-likeness (QED) is 0.268. The number of hydrogen-bond donors (Lipinski definition) is 4. The van der Waals surface area contributed by atoms with Gasteiger partial charge in [0.1, 0.15) is 17.7 Å². The molecule has 1 aliphatic carbocycles. The molecule has 3 aliphatic rings. The van der Waals surface area contributed by atoms with Crippen molar-refractivity contribution in [3.05, 3.63) is 40.9 Å². The van der Waals surface area contributed by atoms with Gasteiger partial charge in [0.2, 0.25) is 17.6 Å². The Morgan fingerprint density at radius 1 is 1.16 bits per heavy atom. The van der Waals surface area contributed by atoms with Crippen LogP contribution in [-0.4, -0.2) is 76.9 Å². The summed E-state index contributed by atoms with van der Waals surface area (Å²) in [6, 6.07) is 3.94. The summed E-state index contributed by atoms with van der Waals surface area (Å²) in [5.41, 5.74) is 2.42. The Morgan fingerprint density at radius 2 is 1.87 bits per heavy atom. The van der Waals surface area contributed by atoms with Crippen molar-refractivity contribution in [1.82, 2.24) is 26.3 Å². The second-order valence-electron chi connectivity index (χ2n) is 13.4. The molecule has 0 unspecified atom stereocenters. The fraction of sp³-hybridized carbons (Fsp3) is 0.594. The lowest BCUT2D eigenvalue weighted by atomic mass is 9.85. The number of nitrogens with zero attached hydrogens (tertiary/aromatic N) is 1. The molecule has 45 heavy (non-hydrogen) atoms. The average molecular weight is 646 g/mol. The molecule has 2 aliphatic heterocycles. The number of nitrogens with one attached hydrogen (secondary N) is 4. The molecule has 1 saturated heterocycles. The number of hydroxylamine groups is 1. The molecular formula is C32H44ClN5O7. The Labute approximate surface area is 268 Å². The molecule has 4 rings (SSSR count). The molecular weight excluding hydrogens is 602 g/mol.